The molecular formula is C19H23NO4. The van der Waals surface area contributed by atoms with Crippen LogP contribution in [0.5, 0.6) is 11.5 Å². The quantitative estimate of drug-likeness (QED) is 0.409. The molecule has 1 heterocycles. The van der Waals surface area contributed by atoms with Crippen LogP contribution in [0.1, 0.15) is 29.2 Å². The lowest BCUT2D eigenvalue weighted by molar-refractivity contribution is 0.215. The van der Waals surface area contributed by atoms with E-state index in [-0.39, 0.29) is 0 Å². The number of hydrogen-bond acceptors (Lipinski definition) is 5. The van der Waals surface area contributed by atoms with Crippen molar-refractivity contribution in [1.82, 2.24) is 0 Å². The Morgan fingerprint density at radius 1 is 1.12 bits per heavy atom. The standard InChI is InChI=1S/C19H23NO4/c1-5-6-7-23-18-8-14(2)19(15(3)9-18)24-13-17-12-22-11-16(17)10-20-21-4/h5-6,8-12H,7,13H2,1-4H3/b6-5+,20-10+. The number of rotatable bonds is 8. The number of oxime groups is 1. The molecule has 2 rings (SSSR count). The van der Waals surface area contributed by atoms with Crippen LogP contribution in [0.4, 0.5) is 0 Å². The molecule has 0 aliphatic heterocycles. The van der Waals surface area contributed by atoms with E-state index in [1.807, 2.05) is 45.1 Å². The molecule has 24 heavy (non-hydrogen) atoms. The Morgan fingerprint density at radius 3 is 2.54 bits per heavy atom. The van der Waals surface area contributed by atoms with Crippen molar-refractivity contribution in [3.05, 3.63) is 59.1 Å². The summed E-state index contributed by atoms with van der Waals surface area (Å²) in [7, 11) is 1.50. The Balaban J connectivity index is 2.07. The molecule has 0 spiro atoms. The summed E-state index contributed by atoms with van der Waals surface area (Å²) < 4.78 is 16.9. The van der Waals surface area contributed by atoms with Crippen LogP contribution in [-0.2, 0) is 11.4 Å². The minimum Gasteiger partial charge on any atom is -0.490 e. The van der Waals surface area contributed by atoms with Crippen LogP contribution in [-0.4, -0.2) is 19.9 Å². The van der Waals surface area contributed by atoms with Gasteiger partial charge in [0.1, 0.15) is 31.8 Å². The van der Waals surface area contributed by atoms with Gasteiger partial charge in [-0.05, 0) is 44.0 Å². The molecule has 0 atom stereocenters. The molecule has 0 fully saturated rings. The number of aryl methyl sites for hydroxylation is 2. The van der Waals surface area contributed by atoms with Gasteiger partial charge in [0.15, 0.2) is 0 Å². The van der Waals surface area contributed by atoms with Crippen LogP contribution in [0.3, 0.4) is 0 Å². The molecule has 0 aliphatic carbocycles. The van der Waals surface area contributed by atoms with E-state index in [1.165, 1.54) is 7.11 Å². The third-order valence-corrected chi connectivity index (χ3v) is 3.46. The second-order valence-corrected chi connectivity index (χ2v) is 5.32. The van der Waals surface area contributed by atoms with Gasteiger partial charge in [-0.25, -0.2) is 0 Å². The Labute approximate surface area is 142 Å². The highest BCUT2D eigenvalue weighted by atomic mass is 16.6. The molecule has 0 bridgehead atoms. The van der Waals surface area contributed by atoms with Crippen LogP contribution in [0.15, 0.2) is 46.4 Å². The molecule has 5 nitrogen and oxygen atoms in total. The highest BCUT2D eigenvalue weighted by molar-refractivity contribution is 5.80. The number of hydrogen-bond donors (Lipinski definition) is 0. The van der Waals surface area contributed by atoms with Crippen molar-refractivity contribution < 1.29 is 18.7 Å². The zero-order valence-electron chi connectivity index (χ0n) is 14.5. The van der Waals surface area contributed by atoms with E-state index in [4.69, 9.17) is 18.7 Å². The molecule has 0 N–H and O–H groups in total. The minimum atomic E-state index is 0.391. The Bertz CT molecular complexity index is 693. The maximum Gasteiger partial charge on any atom is 0.125 e. The lowest BCUT2D eigenvalue weighted by Crippen LogP contribution is -2.01. The number of nitrogens with zero attached hydrogens (tertiary/aromatic N) is 1. The van der Waals surface area contributed by atoms with Crippen molar-refractivity contribution in [1.29, 1.82) is 0 Å². The maximum absolute atomic E-state index is 5.98. The minimum absolute atomic E-state index is 0.391. The Morgan fingerprint density at radius 2 is 1.88 bits per heavy atom. The monoisotopic (exact) mass is 329 g/mol. The van der Waals surface area contributed by atoms with Gasteiger partial charge in [-0.2, -0.15) is 0 Å². The Hall–Kier alpha value is -2.69. The number of allylic oxidation sites excluding steroid dienone is 1. The first-order valence-corrected chi connectivity index (χ1v) is 7.75. The summed E-state index contributed by atoms with van der Waals surface area (Å²) in [6.07, 6.45) is 8.79. The average molecular weight is 329 g/mol. The first-order valence-electron chi connectivity index (χ1n) is 7.75. The second-order valence-electron chi connectivity index (χ2n) is 5.32. The van der Waals surface area contributed by atoms with E-state index in [0.717, 1.165) is 33.8 Å². The van der Waals surface area contributed by atoms with Gasteiger partial charge >= 0.3 is 0 Å². The molecule has 1 aromatic carbocycles. The van der Waals surface area contributed by atoms with Crippen LogP contribution in [0.2, 0.25) is 0 Å². The molecule has 0 saturated heterocycles. The summed E-state index contributed by atoms with van der Waals surface area (Å²) in [5.74, 6) is 1.69. The summed E-state index contributed by atoms with van der Waals surface area (Å²) in [6.45, 7) is 6.94. The van der Waals surface area contributed by atoms with Crippen molar-refractivity contribution in [3.8, 4) is 11.5 Å². The van der Waals surface area contributed by atoms with Crippen LogP contribution >= 0.6 is 0 Å². The third-order valence-electron chi connectivity index (χ3n) is 3.46. The fourth-order valence-electron chi connectivity index (χ4n) is 2.29. The summed E-state index contributed by atoms with van der Waals surface area (Å²) >= 11 is 0. The third kappa shape index (κ3) is 4.65. The number of furan rings is 1. The van der Waals surface area contributed by atoms with Crippen molar-refractivity contribution in [3.63, 3.8) is 0 Å². The summed E-state index contributed by atoms with van der Waals surface area (Å²) in [5, 5.41) is 3.75. The molecule has 0 radical (unpaired) electrons. The smallest absolute Gasteiger partial charge is 0.125 e. The van der Waals surface area contributed by atoms with Gasteiger partial charge in [-0.3, -0.25) is 0 Å². The van der Waals surface area contributed by atoms with Gasteiger partial charge < -0.3 is 18.7 Å². The summed E-state index contributed by atoms with van der Waals surface area (Å²) in [6, 6.07) is 3.96. The van der Waals surface area contributed by atoms with E-state index < -0.39 is 0 Å². The van der Waals surface area contributed by atoms with Gasteiger partial charge in [0.05, 0.1) is 18.7 Å². The van der Waals surface area contributed by atoms with Crippen molar-refractivity contribution >= 4 is 6.21 Å². The molecule has 0 amide bonds. The number of benzene rings is 1. The van der Waals surface area contributed by atoms with E-state index in [9.17, 15) is 0 Å². The average Bonchev–Trinajstić information content (AvgIpc) is 3.00. The molecule has 5 heteroatoms. The first kappa shape index (κ1) is 17.7. The predicted molar refractivity (Wildman–Crippen MR) is 93.9 cm³/mol. The van der Waals surface area contributed by atoms with Crippen molar-refractivity contribution in [2.45, 2.75) is 27.4 Å². The van der Waals surface area contributed by atoms with Gasteiger partial charge in [0.2, 0.25) is 0 Å². The fraction of sp³-hybridized carbons (Fsp3) is 0.316. The normalized spacial score (nSPS) is 11.3. The van der Waals surface area contributed by atoms with Crippen LogP contribution < -0.4 is 9.47 Å². The lowest BCUT2D eigenvalue weighted by atomic mass is 10.1. The summed E-state index contributed by atoms with van der Waals surface area (Å²) in [4.78, 5) is 4.69. The molecule has 0 saturated carbocycles. The highest BCUT2D eigenvalue weighted by Crippen LogP contribution is 2.29. The molecule has 0 aliphatic rings. The molecule has 128 valence electrons. The predicted octanol–water partition coefficient (Wildman–Crippen LogP) is 4.41. The topological polar surface area (TPSA) is 53.2 Å². The summed E-state index contributed by atoms with van der Waals surface area (Å²) in [5.41, 5.74) is 3.80. The molecule has 0 unspecified atom stereocenters. The van der Waals surface area contributed by atoms with E-state index in [2.05, 4.69) is 5.16 Å². The zero-order chi connectivity index (χ0) is 17.4. The SMILES string of the molecule is C/C=C/COc1cc(C)c(OCc2cocc2/C=N/OC)c(C)c1. The molecule has 1 aromatic heterocycles. The fourth-order valence-corrected chi connectivity index (χ4v) is 2.29. The maximum atomic E-state index is 5.98. The van der Waals surface area contributed by atoms with E-state index in [1.54, 1.807) is 18.7 Å². The first-order chi connectivity index (χ1) is 11.7. The van der Waals surface area contributed by atoms with Crippen LogP contribution in [0.25, 0.3) is 0 Å². The van der Waals surface area contributed by atoms with Gasteiger partial charge in [0, 0.05) is 11.1 Å². The largest absolute Gasteiger partial charge is 0.490 e. The lowest BCUT2D eigenvalue weighted by Gasteiger charge is -2.14. The van der Waals surface area contributed by atoms with Crippen molar-refractivity contribution in [2.24, 2.45) is 5.16 Å². The van der Waals surface area contributed by atoms with Gasteiger partial charge in [-0.15, -0.1) is 0 Å². The van der Waals surface area contributed by atoms with Crippen molar-refractivity contribution in [2.75, 3.05) is 13.7 Å². The van der Waals surface area contributed by atoms with E-state index >= 15 is 0 Å². The zero-order valence-corrected chi connectivity index (χ0v) is 14.5. The second kappa shape index (κ2) is 8.82. The van der Waals surface area contributed by atoms with Crippen LogP contribution in [0, 0.1) is 13.8 Å². The van der Waals surface area contributed by atoms with Gasteiger partial charge in [0.25, 0.3) is 0 Å². The van der Waals surface area contributed by atoms with E-state index in [0.29, 0.717) is 13.2 Å². The Kier molecular flexibility index (Phi) is 6.49. The molecular weight excluding hydrogens is 306 g/mol. The number of ether oxygens (including phenoxy) is 2. The molecule has 2 aromatic rings. The highest BCUT2D eigenvalue weighted by Gasteiger charge is 2.10. The van der Waals surface area contributed by atoms with Gasteiger partial charge in [-0.1, -0.05) is 17.3 Å².